The normalized spacial score (nSPS) is 11.1. The lowest BCUT2D eigenvalue weighted by Crippen LogP contribution is -2.22. The summed E-state index contributed by atoms with van der Waals surface area (Å²) in [5.41, 5.74) is -0.202. The first-order chi connectivity index (χ1) is 16.0. The van der Waals surface area contributed by atoms with Crippen LogP contribution in [-0.4, -0.2) is 38.4 Å². The fourth-order valence-corrected chi connectivity index (χ4v) is 2.98. The highest BCUT2D eigenvalue weighted by Gasteiger charge is 2.36. The molecule has 0 saturated heterocycles. The molecule has 3 rings (SSSR count). The Kier molecular flexibility index (Phi) is 7.08. The van der Waals surface area contributed by atoms with Crippen LogP contribution in [0.2, 0.25) is 0 Å². The van der Waals surface area contributed by atoms with Crippen LogP contribution in [0.15, 0.2) is 30.7 Å². The van der Waals surface area contributed by atoms with E-state index in [9.17, 15) is 22.8 Å². The summed E-state index contributed by atoms with van der Waals surface area (Å²) in [6.45, 7) is 6.76. The lowest BCUT2D eigenvalue weighted by Gasteiger charge is -2.14. The molecule has 178 valence electrons. The predicted molar refractivity (Wildman–Crippen MR) is 118 cm³/mol. The van der Waals surface area contributed by atoms with E-state index >= 15 is 0 Å². The average Bonchev–Trinajstić information content (AvgIpc) is 2.76. The smallest absolute Gasteiger partial charge is 0.418 e. The molecule has 0 aromatic carbocycles. The maximum Gasteiger partial charge on any atom is 0.418 e. The number of carbonyl (C=O) groups excluding carboxylic acids is 2. The summed E-state index contributed by atoms with van der Waals surface area (Å²) in [6.07, 6.45) is -0.869. The number of hydrogen-bond acceptors (Lipinski definition) is 7. The molecule has 2 N–H and O–H groups in total. The Balaban J connectivity index is 1.77. The summed E-state index contributed by atoms with van der Waals surface area (Å²) in [5, 5.41) is 4.75. The van der Waals surface area contributed by atoms with E-state index in [1.165, 1.54) is 6.20 Å². The van der Waals surface area contributed by atoms with E-state index in [0.717, 1.165) is 18.8 Å². The van der Waals surface area contributed by atoms with Crippen LogP contribution in [0, 0.1) is 13.8 Å². The largest absolute Gasteiger partial charge is 0.492 e. The Morgan fingerprint density at radius 3 is 2.35 bits per heavy atom. The molecule has 0 aliphatic heterocycles. The number of pyridine rings is 2. The third-order valence-electron chi connectivity index (χ3n) is 4.61. The molecule has 0 fully saturated rings. The maximum absolute atomic E-state index is 13.2. The van der Waals surface area contributed by atoms with Crippen molar-refractivity contribution in [2.45, 2.75) is 33.9 Å². The number of anilines is 2. The zero-order valence-electron chi connectivity index (χ0n) is 18.7. The number of amides is 2. The van der Waals surface area contributed by atoms with Gasteiger partial charge in [0.05, 0.1) is 47.3 Å². The van der Waals surface area contributed by atoms with Crippen LogP contribution in [0.4, 0.5) is 29.3 Å². The SMILES string of the molecule is CCOc1cc(-c2ncc(NC(=O)Nc3cnc(C(C)=O)c(C(F)(F)F)c3)c(C)n2)cnc1C. The first-order valence-corrected chi connectivity index (χ1v) is 10.1. The van der Waals surface area contributed by atoms with Gasteiger partial charge in [0.1, 0.15) is 11.4 Å². The summed E-state index contributed by atoms with van der Waals surface area (Å²) in [5.74, 6) is 0.120. The van der Waals surface area contributed by atoms with Crippen molar-refractivity contribution < 1.29 is 27.5 Å². The minimum atomic E-state index is -4.81. The number of nitrogens with one attached hydrogen (secondary N) is 2. The van der Waals surface area contributed by atoms with Crippen LogP contribution in [-0.2, 0) is 6.18 Å². The molecule has 3 aromatic rings. The van der Waals surface area contributed by atoms with Gasteiger partial charge in [-0.2, -0.15) is 13.2 Å². The highest BCUT2D eigenvalue weighted by Crippen LogP contribution is 2.33. The Morgan fingerprint density at radius 1 is 1.00 bits per heavy atom. The van der Waals surface area contributed by atoms with E-state index in [2.05, 4.69) is 30.6 Å². The molecule has 0 unspecified atom stereocenters. The van der Waals surface area contributed by atoms with Crippen molar-refractivity contribution in [1.29, 1.82) is 0 Å². The Labute approximate surface area is 192 Å². The van der Waals surface area contributed by atoms with Gasteiger partial charge in [-0.25, -0.2) is 14.8 Å². The quantitative estimate of drug-likeness (QED) is 0.492. The summed E-state index contributed by atoms with van der Waals surface area (Å²) in [7, 11) is 0. The van der Waals surface area contributed by atoms with E-state index in [-0.39, 0.29) is 11.4 Å². The van der Waals surface area contributed by atoms with Crippen LogP contribution in [0.25, 0.3) is 11.4 Å². The van der Waals surface area contributed by atoms with E-state index < -0.39 is 29.2 Å². The van der Waals surface area contributed by atoms with Crippen LogP contribution in [0.1, 0.15) is 41.3 Å². The number of hydrogen-bond donors (Lipinski definition) is 2. The molecule has 0 aliphatic rings. The summed E-state index contributed by atoms with van der Waals surface area (Å²) >= 11 is 0. The lowest BCUT2D eigenvalue weighted by atomic mass is 10.1. The van der Waals surface area contributed by atoms with Gasteiger partial charge in [-0.15, -0.1) is 0 Å². The van der Waals surface area contributed by atoms with Crippen LogP contribution in [0.3, 0.4) is 0 Å². The minimum absolute atomic E-state index is 0.237. The molecule has 9 nitrogen and oxygen atoms in total. The van der Waals surface area contributed by atoms with Gasteiger partial charge < -0.3 is 15.4 Å². The maximum atomic E-state index is 13.2. The van der Waals surface area contributed by atoms with Gasteiger partial charge >= 0.3 is 12.2 Å². The van der Waals surface area contributed by atoms with Gasteiger partial charge in [-0.1, -0.05) is 0 Å². The van der Waals surface area contributed by atoms with Gasteiger partial charge in [0.15, 0.2) is 11.6 Å². The zero-order chi connectivity index (χ0) is 25.0. The molecule has 2 amide bonds. The van der Waals surface area contributed by atoms with Crippen molar-refractivity contribution in [1.82, 2.24) is 19.9 Å². The molecule has 0 bridgehead atoms. The van der Waals surface area contributed by atoms with Crippen LogP contribution >= 0.6 is 0 Å². The average molecular weight is 474 g/mol. The Hall–Kier alpha value is -4.09. The second kappa shape index (κ2) is 9.81. The predicted octanol–water partition coefficient (Wildman–Crippen LogP) is 4.81. The standard InChI is InChI=1S/C22H21F3N6O3/c1-5-34-18-6-14(8-26-12(18)3)20-28-10-17(11(2)29-20)31-21(33)30-15-7-16(22(23,24)25)19(13(4)32)27-9-15/h6-10H,5H2,1-4H3,(H2,30,31,33). The fourth-order valence-electron chi connectivity index (χ4n) is 2.98. The molecule has 3 aromatic heterocycles. The molecule has 0 atom stereocenters. The highest BCUT2D eigenvalue weighted by atomic mass is 19.4. The number of carbonyl (C=O) groups is 2. The van der Waals surface area contributed by atoms with Gasteiger partial charge in [0.2, 0.25) is 0 Å². The molecule has 0 radical (unpaired) electrons. The first kappa shape index (κ1) is 24.6. The van der Waals surface area contributed by atoms with Crippen molar-refractivity contribution in [2.24, 2.45) is 0 Å². The highest BCUT2D eigenvalue weighted by molar-refractivity contribution is 6.00. The van der Waals surface area contributed by atoms with Gasteiger partial charge in [0, 0.05) is 18.7 Å². The molecule has 3 heterocycles. The van der Waals surface area contributed by atoms with E-state index in [1.807, 2.05) is 13.8 Å². The van der Waals surface area contributed by atoms with Crippen LogP contribution < -0.4 is 15.4 Å². The number of ketones is 1. The van der Waals surface area contributed by atoms with Crippen molar-refractivity contribution in [3.63, 3.8) is 0 Å². The van der Waals surface area contributed by atoms with Crippen molar-refractivity contribution >= 4 is 23.2 Å². The number of aromatic nitrogens is 4. The number of alkyl halides is 3. The lowest BCUT2D eigenvalue weighted by molar-refractivity contribution is -0.138. The van der Waals surface area contributed by atoms with Crippen molar-refractivity contribution in [3.8, 4) is 17.1 Å². The first-order valence-electron chi connectivity index (χ1n) is 10.1. The van der Waals surface area contributed by atoms with Gasteiger partial charge in [-0.05, 0) is 32.9 Å². The number of halogens is 3. The topological polar surface area (TPSA) is 119 Å². The zero-order valence-corrected chi connectivity index (χ0v) is 18.7. The number of aryl methyl sites for hydroxylation is 2. The van der Waals surface area contributed by atoms with Gasteiger partial charge in [0.25, 0.3) is 0 Å². The number of ether oxygens (including phenoxy) is 1. The summed E-state index contributed by atoms with van der Waals surface area (Å²) in [6, 6.07) is 1.58. The number of nitrogens with zero attached hydrogens (tertiary/aromatic N) is 4. The van der Waals surface area contributed by atoms with E-state index in [0.29, 0.717) is 35.5 Å². The third-order valence-corrected chi connectivity index (χ3v) is 4.61. The monoisotopic (exact) mass is 474 g/mol. The minimum Gasteiger partial charge on any atom is -0.492 e. The number of rotatable bonds is 6. The molecule has 0 saturated carbocycles. The molecule has 0 aliphatic carbocycles. The second-order valence-electron chi connectivity index (χ2n) is 7.19. The number of urea groups is 1. The molecule has 0 spiro atoms. The van der Waals surface area contributed by atoms with Gasteiger partial charge in [-0.3, -0.25) is 14.8 Å². The van der Waals surface area contributed by atoms with Crippen molar-refractivity contribution in [3.05, 3.63) is 53.4 Å². The third kappa shape index (κ3) is 5.63. The second-order valence-corrected chi connectivity index (χ2v) is 7.19. The summed E-state index contributed by atoms with van der Waals surface area (Å²) < 4.78 is 45.3. The van der Waals surface area contributed by atoms with Crippen LogP contribution in [0.5, 0.6) is 5.75 Å². The van der Waals surface area contributed by atoms with E-state index in [1.54, 1.807) is 19.2 Å². The Morgan fingerprint density at radius 2 is 1.74 bits per heavy atom. The summed E-state index contributed by atoms with van der Waals surface area (Å²) in [4.78, 5) is 40.2. The fraction of sp³-hybridized carbons (Fsp3) is 0.273. The molecule has 34 heavy (non-hydrogen) atoms. The molecule has 12 heteroatoms. The Bertz CT molecular complexity index is 1250. The molecular weight excluding hydrogens is 453 g/mol. The molecular formula is C22H21F3N6O3. The van der Waals surface area contributed by atoms with E-state index in [4.69, 9.17) is 4.74 Å². The van der Waals surface area contributed by atoms with Crippen molar-refractivity contribution in [2.75, 3.05) is 17.2 Å². The number of Topliss-reactive ketones (excluding diaryl/α,β-unsaturated/α-hetero) is 1.